The maximum atomic E-state index is 12.4. The third-order valence-electron chi connectivity index (χ3n) is 6.45. The highest BCUT2D eigenvalue weighted by Gasteiger charge is 2.43. The van der Waals surface area contributed by atoms with Crippen molar-refractivity contribution in [1.29, 1.82) is 0 Å². The normalized spacial score (nSPS) is 33.6. The standard InChI is InChI=1S/C20H27N3O2/c21-18-7-6-15-11-23(12-17(15)18)20(25)19(24)22-10-13-8-16(9-13)14-4-2-1-3-5-14/h1-5,13,15-18H,6-12,21H2,(H,22,24). The highest BCUT2D eigenvalue weighted by molar-refractivity contribution is 6.35. The molecule has 0 radical (unpaired) electrons. The van der Waals surface area contributed by atoms with Gasteiger partial charge in [-0.2, -0.15) is 0 Å². The summed E-state index contributed by atoms with van der Waals surface area (Å²) in [5, 5.41) is 2.85. The van der Waals surface area contributed by atoms with Crippen LogP contribution in [0, 0.1) is 17.8 Å². The minimum Gasteiger partial charge on any atom is -0.348 e. The van der Waals surface area contributed by atoms with Gasteiger partial charge in [0, 0.05) is 25.7 Å². The number of carbonyl (C=O) groups excluding carboxylic acids is 2. The Hall–Kier alpha value is -1.88. The largest absolute Gasteiger partial charge is 0.348 e. The second kappa shape index (κ2) is 6.79. The van der Waals surface area contributed by atoms with E-state index in [4.69, 9.17) is 5.73 Å². The number of benzene rings is 1. The van der Waals surface area contributed by atoms with E-state index >= 15 is 0 Å². The third kappa shape index (κ3) is 3.30. The van der Waals surface area contributed by atoms with E-state index in [9.17, 15) is 9.59 Å². The summed E-state index contributed by atoms with van der Waals surface area (Å²) < 4.78 is 0. The molecule has 0 bridgehead atoms. The lowest BCUT2D eigenvalue weighted by Gasteiger charge is -2.35. The fourth-order valence-corrected chi connectivity index (χ4v) is 4.83. The highest BCUT2D eigenvalue weighted by Crippen LogP contribution is 2.41. The quantitative estimate of drug-likeness (QED) is 0.818. The van der Waals surface area contributed by atoms with Crippen molar-refractivity contribution in [2.45, 2.75) is 37.6 Å². The average Bonchev–Trinajstić information content (AvgIpc) is 3.16. The summed E-state index contributed by atoms with van der Waals surface area (Å²) in [5.74, 6) is 1.13. The van der Waals surface area contributed by atoms with E-state index in [1.807, 2.05) is 6.07 Å². The Morgan fingerprint density at radius 1 is 1.12 bits per heavy atom. The number of hydrogen-bond acceptors (Lipinski definition) is 3. The Morgan fingerprint density at radius 2 is 1.88 bits per heavy atom. The lowest BCUT2D eigenvalue weighted by molar-refractivity contribution is -0.145. The number of nitrogens with zero attached hydrogens (tertiary/aromatic N) is 1. The molecule has 5 heteroatoms. The van der Waals surface area contributed by atoms with Crippen LogP contribution in [-0.4, -0.2) is 42.4 Å². The van der Waals surface area contributed by atoms with Crippen molar-refractivity contribution < 1.29 is 9.59 Å². The van der Waals surface area contributed by atoms with Gasteiger partial charge in [-0.1, -0.05) is 30.3 Å². The van der Waals surface area contributed by atoms with E-state index in [0.29, 0.717) is 43.3 Å². The van der Waals surface area contributed by atoms with E-state index < -0.39 is 5.91 Å². The average molecular weight is 341 g/mol. The minimum atomic E-state index is -0.447. The first-order valence-corrected chi connectivity index (χ1v) is 9.49. The minimum absolute atomic E-state index is 0.191. The fourth-order valence-electron chi connectivity index (χ4n) is 4.83. The van der Waals surface area contributed by atoms with Crippen LogP contribution in [0.2, 0.25) is 0 Å². The molecule has 134 valence electrons. The van der Waals surface area contributed by atoms with Gasteiger partial charge < -0.3 is 16.0 Å². The number of nitrogens with two attached hydrogens (primary N) is 1. The summed E-state index contributed by atoms with van der Waals surface area (Å²) in [7, 11) is 0. The molecule has 25 heavy (non-hydrogen) atoms. The molecule has 1 aromatic carbocycles. The zero-order valence-electron chi connectivity index (χ0n) is 14.6. The molecule has 2 saturated carbocycles. The third-order valence-corrected chi connectivity index (χ3v) is 6.45. The molecule has 2 aliphatic carbocycles. The SMILES string of the molecule is NC1CCC2CN(C(=O)C(=O)NCC3CC(c4ccccc4)C3)CC12. The second-order valence-electron chi connectivity index (χ2n) is 8.03. The van der Waals surface area contributed by atoms with Gasteiger partial charge in [-0.15, -0.1) is 0 Å². The molecule has 0 spiro atoms. The van der Waals surface area contributed by atoms with Crippen LogP contribution in [0.4, 0.5) is 0 Å². The first-order chi connectivity index (χ1) is 12.1. The molecule has 0 aromatic heterocycles. The van der Waals surface area contributed by atoms with Gasteiger partial charge in [0.15, 0.2) is 0 Å². The van der Waals surface area contributed by atoms with E-state index in [2.05, 4.69) is 29.6 Å². The van der Waals surface area contributed by atoms with Gasteiger partial charge in [0.1, 0.15) is 0 Å². The second-order valence-corrected chi connectivity index (χ2v) is 8.03. The molecule has 1 heterocycles. The molecule has 1 aromatic rings. The summed E-state index contributed by atoms with van der Waals surface area (Å²) in [5.41, 5.74) is 7.48. The van der Waals surface area contributed by atoms with E-state index in [0.717, 1.165) is 25.7 Å². The van der Waals surface area contributed by atoms with Crippen molar-refractivity contribution >= 4 is 11.8 Å². The van der Waals surface area contributed by atoms with Crippen molar-refractivity contribution in [3.8, 4) is 0 Å². The molecule has 1 aliphatic heterocycles. The van der Waals surface area contributed by atoms with Gasteiger partial charge in [-0.3, -0.25) is 9.59 Å². The van der Waals surface area contributed by atoms with Gasteiger partial charge in [0.05, 0.1) is 0 Å². The Bertz CT molecular complexity index is 642. The summed E-state index contributed by atoms with van der Waals surface area (Å²) >= 11 is 0. The fraction of sp³-hybridized carbons (Fsp3) is 0.600. The number of likely N-dealkylation sites (tertiary alicyclic amines) is 1. The molecule has 3 N–H and O–H groups in total. The number of fused-ring (bicyclic) bond motifs is 1. The van der Waals surface area contributed by atoms with Crippen molar-refractivity contribution in [2.24, 2.45) is 23.5 Å². The van der Waals surface area contributed by atoms with Crippen LogP contribution in [0.1, 0.15) is 37.2 Å². The molecule has 3 fully saturated rings. The molecular weight excluding hydrogens is 314 g/mol. The van der Waals surface area contributed by atoms with Crippen LogP contribution in [0.15, 0.2) is 30.3 Å². The van der Waals surface area contributed by atoms with Gasteiger partial charge in [-0.25, -0.2) is 0 Å². The van der Waals surface area contributed by atoms with Crippen LogP contribution in [0.5, 0.6) is 0 Å². The van der Waals surface area contributed by atoms with E-state index in [1.54, 1.807) is 4.90 Å². The van der Waals surface area contributed by atoms with E-state index in [1.165, 1.54) is 5.56 Å². The summed E-state index contributed by atoms with van der Waals surface area (Å²) in [6, 6.07) is 10.7. The van der Waals surface area contributed by atoms with Crippen molar-refractivity contribution in [3.05, 3.63) is 35.9 Å². The Kier molecular flexibility index (Phi) is 4.50. The van der Waals surface area contributed by atoms with Crippen molar-refractivity contribution in [2.75, 3.05) is 19.6 Å². The molecule has 3 unspecified atom stereocenters. The van der Waals surface area contributed by atoms with Crippen LogP contribution < -0.4 is 11.1 Å². The molecular formula is C20H27N3O2. The predicted octanol–water partition coefficient (Wildman–Crippen LogP) is 1.49. The van der Waals surface area contributed by atoms with Crippen LogP contribution in [-0.2, 0) is 9.59 Å². The Morgan fingerprint density at radius 3 is 2.60 bits per heavy atom. The molecule has 3 aliphatic rings. The lowest BCUT2D eigenvalue weighted by atomic mass is 9.71. The number of nitrogens with one attached hydrogen (secondary N) is 1. The van der Waals surface area contributed by atoms with Crippen LogP contribution in [0.3, 0.4) is 0 Å². The van der Waals surface area contributed by atoms with Gasteiger partial charge in [0.2, 0.25) is 0 Å². The smallest absolute Gasteiger partial charge is 0.311 e. The van der Waals surface area contributed by atoms with Crippen LogP contribution in [0.25, 0.3) is 0 Å². The lowest BCUT2D eigenvalue weighted by Crippen LogP contribution is -2.45. The summed E-state index contributed by atoms with van der Waals surface area (Å²) in [6.45, 7) is 1.95. The molecule has 2 amide bonds. The monoisotopic (exact) mass is 341 g/mol. The summed E-state index contributed by atoms with van der Waals surface area (Å²) in [4.78, 5) is 26.3. The molecule has 1 saturated heterocycles. The summed E-state index contributed by atoms with van der Waals surface area (Å²) in [6.07, 6.45) is 4.30. The maximum absolute atomic E-state index is 12.4. The number of carbonyl (C=O) groups is 2. The van der Waals surface area contributed by atoms with Gasteiger partial charge in [-0.05, 0) is 54.9 Å². The first-order valence-electron chi connectivity index (χ1n) is 9.49. The highest BCUT2D eigenvalue weighted by atomic mass is 16.2. The molecule has 4 rings (SSSR count). The zero-order valence-corrected chi connectivity index (χ0v) is 14.6. The Balaban J connectivity index is 1.21. The molecule has 3 atom stereocenters. The van der Waals surface area contributed by atoms with E-state index in [-0.39, 0.29) is 11.9 Å². The van der Waals surface area contributed by atoms with Crippen LogP contribution >= 0.6 is 0 Å². The van der Waals surface area contributed by atoms with Gasteiger partial charge in [0.25, 0.3) is 0 Å². The Labute approximate surface area is 148 Å². The zero-order chi connectivity index (χ0) is 17.4. The number of rotatable bonds is 3. The number of hydrogen-bond donors (Lipinski definition) is 2. The topological polar surface area (TPSA) is 75.4 Å². The molecule has 5 nitrogen and oxygen atoms in total. The number of amides is 2. The maximum Gasteiger partial charge on any atom is 0.311 e. The van der Waals surface area contributed by atoms with Crippen molar-refractivity contribution in [1.82, 2.24) is 10.2 Å². The predicted molar refractivity (Wildman–Crippen MR) is 95.7 cm³/mol. The van der Waals surface area contributed by atoms with Crippen molar-refractivity contribution in [3.63, 3.8) is 0 Å². The first kappa shape index (κ1) is 16.6. The van der Waals surface area contributed by atoms with Gasteiger partial charge >= 0.3 is 11.8 Å².